The minimum absolute atomic E-state index is 0.290. The summed E-state index contributed by atoms with van der Waals surface area (Å²) in [6, 6.07) is 3.46. The van der Waals surface area contributed by atoms with Crippen molar-refractivity contribution >= 4 is 35.6 Å². The highest BCUT2D eigenvalue weighted by molar-refractivity contribution is 7.99. The number of aliphatic carboxylic acids is 1. The van der Waals surface area contributed by atoms with Crippen LogP contribution in [0.4, 0.5) is 0 Å². The molecule has 0 unspecified atom stereocenters. The minimum atomic E-state index is -1.05. The molecule has 0 radical (unpaired) electrons. The number of hydrogen-bond acceptors (Lipinski definition) is 10. The van der Waals surface area contributed by atoms with Crippen LogP contribution in [0, 0.1) is 21.7 Å². The second kappa shape index (κ2) is 13.9. The number of carboxylic acids is 1. The van der Waals surface area contributed by atoms with E-state index in [0.29, 0.717) is 11.5 Å². The topological polar surface area (TPSA) is 138 Å². The smallest absolute Gasteiger partial charge is 0.311 e. The highest BCUT2D eigenvalue weighted by Crippen LogP contribution is 2.37. The molecule has 1 aliphatic rings. The van der Waals surface area contributed by atoms with Gasteiger partial charge in [0.2, 0.25) is 0 Å². The zero-order chi connectivity index (χ0) is 32.0. The van der Waals surface area contributed by atoms with Gasteiger partial charge in [-0.2, -0.15) is 0 Å². The fourth-order valence-corrected chi connectivity index (χ4v) is 3.90. The molecule has 10 nitrogen and oxygen atoms in total. The van der Waals surface area contributed by atoms with Crippen LogP contribution in [0.25, 0.3) is 0 Å². The fourth-order valence-electron chi connectivity index (χ4n) is 2.68. The molecule has 0 spiro atoms. The van der Waals surface area contributed by atoms with E-state index in [0.717, 1.165) is 0 Å². The molecule has 0 saturated carbocycles. The van der Waals surface area contributed by atoms with Crippen molar-refractivity contribution < 1.29 is 43.2 Å². The van der Waals surface area contributed by atoms with Crippen LogP contribution < -0.4 is 4.74 Å². The lowest BCUT2D eigenvalue weighted by atomic mass is 9.95. The predicted octanol–water partition coefficient (Wildman–Crippen LogP) is 5.52. The fraction of sp³-hybridized carbons (Fsp3) is 0.700. The number of aromatic nitrogens is 1. The van der Waals surface area contributed by atoms with Gasteiger partial charge in [-0.25, -0.2) is 0 Å². The molecule has 2 heterocycles. The molecular weight excluding hydrogens is 550 g/mol. The van der Waals surface area contributed by atoms with Crippen molar-refractivity contribution in [2.45, 2.75) is 107 Å². The first kappa shape index (κ1) is 36.2. The Labute approximate surface area is 248 Å². The summed E-state index contributed by atoms with van der Waals surface area (Å²) in [5.74, 6) is -1.42. The van der Waals surface area contributed by atoms with Crippen LogP contribution in [0.3, 0.4) is 0 Å². The molecular formula is C30H47NO9S. The number of carbonyl (C=O) groups excluding carboxylic acids is 3. The van der Waals surface area contributed by atoms with Gasteiger partial charge in [0.1, 0.15) is 5.75 Å². The van der Waals surface area contributed by atoms with Crippen molar-refractivity contribution in [3.8, 4) is 5.75 Å². The normalized spacial score (nSPS) is 21.5. The molecule has 1 saturated heterocycles. The number of ether oxygens (including phenoxy) is 4. The maximum Gasteiger partial charge on any atom is 0.311 e. The second-order valence-electron chi connectivity index (χ2n) is 14.0. The molecule has 2 rings (SSSR count). The number of rotatable bonds is 5. The second-order valence-corrected chi connectivity index (χ2v) is 15.1. The molecule has 0 aliphatic carbocycles. The van der Waals surface area contributed by atoms with Gasteiger partial charge in [-0.15, -0.1) is 11.8 Å². The largest absolute Gasteiger partial charge is 0.481 e. The van der Waals surface area contributed by atoms with Gasteiger partial charge in [-0.05, 0) is 95.2 Å². The van der Waals surface area contributed by atoms with E-state index in [9.17, 15) is 19.2 Å². The van der Waals surface area contributed by atoms with E-state index in [-0.39, 0.29) is 0 Å². The summed E-state index contributed by atoms with van der Waals surface area (Å²) in [6.45, 7) is 20.6. The van der Waals surface area contributed by atoms with E-state index >= 15 is 0 Å². The Morgan fingerprint density at radius 2 is 1.20 bits per heavy atom. The molecule has 41 heavy (non-hydrogen) atoms. The van der Waals surface area contributed by atoms with Gasteiger partial charge in [0.25, 0.3) is 0 Å². The summed E-state index contributed by atoms with van der Waals surface area (Å²) in [4.78, 5) is 52.6. The maximum atomic E-state index is 12.9. The lowest BCUT2D eigenvalue weighted by Gasteiger charge is -2.42. The first-order valence-electron chi connectivity index (χ1n) is 13.5. The lowest BCUT2D eigenvalue weighted by molar-refractivity contribution is -0.199. The number of carboxylic acid groups (broad SMARTS) is 1. The number of pyridine rings is 1. The molecule has 1 fully saturated rings. The Balaban J connectivity index is 0.00000106. The van der Waals surface area contributed by atoms with Gasteiger partial charge >= 0.3 is 23.9 Å². The molecule has 1 aliphatic heterocycles. The summed E-state index contributed by atoms with van der Waals surface area (Å²) >= 11 is 1.32. The summed E-state index contributed by atoms with van der Waals surface area (Å²) < 4.78 is 23.6. The van der Waals surface area contributed by atoms with Gasteiger partial charge in [-0.1, -0.05) is 0 Å². The highest BCUT2D eigenvalue weighted by atomic mass is 32.2. The van der Waals surface area contributed by atoms with Gasteiger partial charge in [0.15, 0.2) is 23.7 Å². The molecule has 232 valence electrons. The summed E-state index contributed by atoms with van der Waals surface area (Å²) in [5, 5.41) is 8.25. The van der Waals surface area contributed by atoms with Gasteiger partial charge in [0.05, 0.1) is 27.9 Å². The number of esters is 3. The monoisotopic (exact) mass is 597 g/mol. The van der Waals surface area contributed by atoms with E-state index in [4.69, 9.17) is 24.1 Å². The Morgan fingerprint density at radius 1 is 0.756 bits per heavy atom. The van der Waals surface area contributed by atoms with Crippen LogP contribution in [0.5, 0.6) is 5.75 Å². The van der Waals surface area contributed by atoms with Crippen molar-refractivity contribution in [3.63, 3.8) is 0 Å². The molecule has 0 amide bonds. The van der Waals surface area contributed by atoms with Crippen LogP contribution in [0.2, 0.25) is 0 Å². The third kappa shape index (κ3) is 11.9. The number of nitrogens with zero attached hydrogens (tertiary/aromatic N) is 1. The van der Waals surface area contributed by atoms with Crippen molar-refractivity contribution in [1.82, 2.24) is 4.98 Å². The van der Waals surface area contributed by atoms with Crippen molar-refractivity contribution in [1.29, 1.82) is 0 Å². The van der Waals surface area contributed by atoms with Crippen molar-refractivity contribution in [2.24, 2.45) is 21.7 Å². The van der Waals surface area contributed by atoms with Crippen LogP contribution >= 0.6 is 11.8 Å². The van der Waals surface area contributed by atoms with Crippen molar-refractivity contribution in [2.75, 3.05) is 5.75 Å². The quantitative estimate of drug-likeness (QED) is 0.339. The standard InChI is InChI=1S/C25H37NO7S.C5H10O2/c1-23(2,3)20(27)31-16-14-34-19(30-15-11-10-12-26-13-15)18(33-22(29)25(7,8)9)17(16)32-21(28)24(4,5)6;1-5(2,3)4(6)7/h10-13,16-19H,14H2,1-9H3;1-3H3,(H,6,7)/t16-,17+,18-,19-;/m1./s1. The third-order valence-electron chi connectivity index (χ3n) is 5.49. The molecule has 1 aromatic heterocycles. The molecule has 0 aromatic carbocycles. The van der Waals surface area contributed by atoms with Crippen LogP contribution in [0.15, 0.2) is 24.5 Å². The van der Waals surface area contributed by atoms with E-state index in [1.807, 2.05) is 0 Å². The summed E-state index contributed by atoms with van der Waals surface area (Å²) in [5.41, 5.74) is -3.68. The average molecular weight is 598 g/mol. The first-order valence-corrected chi connectivity index (χ1v) is 14.5. The van der Waals surface area contributed by atoms with E-state index < -0.39 is 69.3 Å². The third-order valence-corrected chi connectivity index (χ3v) is 6.71. The van der Waals surface area contributed by atoms with Crippen LogP contribution in [-0.4, -0.2) is 63.5 Å². The van der Waals surface area contributed by atoms with Crippen molar-refractivity contribution in [3.05, 3.63) is 24.5 Å². The summed E-state index contributed by atoms with van der Waals surface area (Å²) in [6.07, 6.45) is 0.274. The Kier molecular flexibility index (Phi) is 12.3. The van der Waals surface area contributed by atoms with E-state index in [2.05, 4.69) is 4.98 Å². The number of hydrogen-bond donors (Lipinski definition) is 1. The lowest BCUT2D eigenvalue weighted by Crippen LogP contribution is -2.57. The summed E-state index contributed by atoms with van der Waals surface area (Å²) in [7, 11) is 0. The number of carbonyl (C=O) groups is 4. The first-order chi connectivity index (χ1) is 18.4. The Morgan fingerprint density at radius 3 is 1.59 bits per heavy atom. The van der Waals surface area contributed by atoms with Crippen LogP contribution in [0.1, 0.15) is 83.1 Å². The molecule has 4 atom stereocenters. The maximum absolute atomic E-state index is 12.9. The molecule has 0 bridgehead atoms. The Hall–Kier alpha value is -2.82. The predicted molar refractivity (Wildman–Crippen MR) is 156 cm³/mol. The number of thioether (sulfide) groups is 1. The molecule has 1 N–H and O–H groups in total. The highest BCUT2D eigenvalue weighted by Gasteiger charge is 2.50. The van der Waals surface area contributed by atoms with Crippen LogP contribution in [-0.2, 0) is 33.4 Å². The van der Waals surface area contributed by atoms with E-state index in [1.165, 1.54) is 11.8 Å². The zero-order valence-electron chi connectivity index (χ0n) is 26.4. The molecule has 11 heteroatoms. The van der Waals surface area contributed by atoms with Gasteiger partial charge < -0.3 is 24.1 Å². The molecule has 1 aromatic rings. The zero-order valence-corrected chi connectivity index (χ0v) is 27.2. The average Bonchev–Trinajstić information content (AvgIpc) is 2.80. The van der Waals surface area contributed by atoms with Gasteiger partial charge in [-0.3, -0.25) is 24.2 Å². The minimum Gasteiger partial charge on any atom is -0.481 e. The SMILES string of the molecule is CC(C)(C)C(=O)O.CC(C)(C)C(=O)O[C@@H]1[C@@H](OC(=O)C(C)(C)C)[C@H](OC(=O)C(C)(C)C)CS[C@H]1Oc1cccnc1. The van der Waals surface area contributed by atoms with E-state index in [1.54, 1.807) is 108 Å². The Bertz CT molecular complexity index is 1050. The van der Waals surface area contributed by atoms with Gasteiger partial charge in [0, 0.05) is 11.9 Å².